The van der Waals surface area contributed by atoms with E-state index in [0.717, 1.165) is 61.6 Å². The molecule has 0 saturated carbocycles. The van der Waals surface area contributed by atoms with Gasteiger partial charge in [-0.2, -0.15) is 0 Å². The first-order chi connectivity index (χ1) is 14.8. The lowest BCUT2D eigenvalue weighted by Crippen LogP contribution is -2.47. The molecule has 5 rings (SSSR count). The molecule has 5 nitrogen and oxygen atoms in total. The first kappa shape index (κ1) is 20.3. The van der Waals surface area contributed by atoms with E-state index in [9.17, 15) is 0 Å². The normalized spacial score (nSPS) is 20.4. The summed E-state index contributed by atoms with van der Waals surface area (Å²) in [5.41, 5.74) is 5.36. The lowest BCUT2D eigenvalue weighted by molar-refractivity contribution is 0.259. The van der Waals surface area contributed by atoms with Crippen LogP contribution in [-0.2, 0) is 17.3 Å². The number of piperazine rings is 1. The van der Waals surface area contributed by atoms with E-state index in [-0.39, 0.29) is 10.8 Å². The van der Waals surface area contributed by atoms with Crippen molar-refractivity contribution in [3.63, 3.8) is 0 Å². The van der Waals surface area contributed by atoms with Gasteiger partial charge in [0.1, 0.15) is 0 Å². The quantitative estimate of drug-likeness (QED) is 0.665. The summed E-state index contributed by atoms with van der Waals surface area (Å²) in [7, 11) is 0. The highest BCUT2D eigenvalue weighted by molar-refractivity contribution is 6.04. The molecule has 1 saturated heterocycles. The van der Waals surface area contributed by atoms with Gasteiger partial charge in [0.2, 0.25) is 0 Å². The van der Waals surface area contributed by atoms with Gasteiger partial charge >= 0.3 is 0 Å². The topological polar surface area (TPSA) is 56.4 Å². The lowest BCUT2D eigenvalue weighted by atomic mass is 9.79. The Hall–Kier alpha value is -2.66. The molecule has 1 N–H and O–H groups in total. The highest BCUT2D eigenvalue weighted by Gasteiger charge is 2.47. The Kier molecular flexibility index (Phi) is 4.70. The van der Waals surface area contributed by atoms with E-state index in [0.29, 0.717) is 0 Å². The van der Waals surface area contributed by atoms with E-state index in [1.165, 1.54) is 16.7 Å². The molecule has 0 spiro atoms. The molecule has 0 unspecified atom stereocenters. The molecule has 0 bridgehead atoms. The van der Waals surface area contributed by atoms with Crippen molar-refractivity contribution in [3.05, 3.63) is 59.2 Å². The summed E-state index contributed by atoms with van der Waals surface area (Å²) in [5.74, 6) is 0.973. The molecule has 1 aromatic heterocycles. The average molecular weight is 417 g/mol. The van der Waals surface area contributed by atoms with Crippen LogP contribution in [0, 0.1) is 5.41 Å². The summed E-state index contributed by atoms with van der Waals surface area (Å²) in [6.45, 7) is 13.8. The molecular formula is C26H32N4O. The van der Waals surface area contributed by atoms with Gasteiger partial charge in [-0.15, -0.1) is 0 Å². The second kappa shape index (κ2) is 7.20. The van der Waals surface area contributed by atoms with Gasteiger partial charge in [0.25, 0.3) is 0 Å². The lowest BCUT2D eigenvalue weighted by Gasteiger charge is -2.34. The molecule has 31 heavy (non-hydrogen) atoms. The molecular weight excluding hydrogens is 384 g/mol. The van der Waals surface area contributed by atoms with E-state index in [1.807, 2.05) is 18.2 Å². The molecule has 0 radical (unpaired) electrons. The molecule has 0 atom stereocenters. The maximum absolute atomic E-state index is 8.68. The third-order valence-electron chi connectivity index (χ3n) is 7.43. The fraction of sp³-hybridized carbons (Fsp3) is 0.462. The van der Waals surface area contributed by atoms with E-state index >= 15 is 0 Å². The van der Waals surface area contributed by atoms with E-state index in [4.69, 9.17) is 9.93 Å². The number of anilines is 1. The zero-order valence-electron chi connectivity index (χ0n) is 19.0. The number of fused-ring (bicyclic) bond motifs is 2. The summed E-state index contributed by atoms with van der Waals surface area (Å²) in [5, 5.41) is 14.1. The predicted octanol–water partition coefficient (Wildman–Crippen LogP) is 4.78. The third-order valence-corrected chi connectivity index (χ3v) is 7.43. The van der Waals surface area contributed by atoms with Crippen LogP contribution in [0.4, 0.5) is 5.82 Å². The van der Waals surface area contributed by atoms with Crippen molar-refractivity contribution < 1.29 is 4.52 Å². The standard InChI is InChI=1S/C26H32N4O/c1-25(2)20-10-9-18(17-21(20)26(3,4)24(25)27)11-12-29-13-15-30(16-14-29)23-19-7-5-6-8-22(19)31-28-23/h5-10,17,27H,11-16H2,1-4H3. The molecule has 2 heterocycles. The van der Waals surface area contributed by atoms with E-state index in [1.54, 1.807) is 0 Å². The zero-order valence-corrected chi connectivity index (χ0v) is 19.0. The van der Waals surface area contributed by atoms with Gasteiger partial charge in [-0.1, -0.05) is 63.2 Å². The molecule has 1 fully saturated rings. The number of para-hydroxylation sites is 1. The first-order valence-electron chi connectivity index (χ1n) is 11.3. The SMILES string of the molecule is CC1(C)C(=N)C(C)(C)c2cc(CCN3CCN(c4noc5ccccc45)CC3)ccc21. The Balaban J connectivity index is 1.23. The second-order valence-electron chi connectivity index (χ2n) is 10.1. The molecule has 3 aromatic rings. The van der Waals surface area contributed by atoms with Crippen LogP contribution < -0.4 is 4.90 Å². The Bertz CT molecular complexity index is 1140. The number of rotatable bonds is 4. The number of nitrogens with one attached hydrogen (secondary N) is 1. The monoisotopic (exact) mass is 416 g/mol. The second-order valence-corrected chi connectivity index (χ2v) is 10.1. The fourth-order valence-corrected chi connectivity index (χ4v) is 5.43. The van der Waals surface area contributed by atoms with Crippen molar-refractivity contribution in [1.82, 2.24) is 10.1 Å². The Morgan fingerprint density at radius 2 is 1.65 bits per heavy atom. The summed E-state index contributed by atoms with van der Waals surface area (Å²) >= 11 is 0. The number of aromatic nitrogens is 1. The highest BCUT2D eigenvalue weighted by Crippen LogP contribution is 2.46. The minimum absolute atomic E-state index is 0.168. The van der Waals surface area contributed by atoms with Crippen LogP contribution in [0.5, 0.6) is 0 Å². The number of hydrogen-bond acceptors (Lipinski definition) is 5. The molecule has 1 aliphatic heterocycles. The molecule has 5 heteroatoms. The average Bonchev–Trinajstić information content (AvgIpc) is 3.26. The maximum atomic E-state index is 8.68. The maximum Gasteiger partial charge on any atom is 0.180 e. The molecule has 162 valence electrons. The third kappa shape index (κ3) is 3.26. The first-order valence-corrected chi connectivity index (χ1v) is 11.3. The van der Waals surface area contributed by atoms with Crippen molar-refractivity contribution in [3.8, 4) is 0 Å². The van der Waals surface area contributed by atoms with Crippen molar-refractivity contribution in [2.75, 3.05) is 37.6 Å². The van der Waals surface area contributed by atoms with Crippen molar-refractivity contribution in [1.29, 1.82) is 5.41 Å². The summed E-state index contributed by atoms with van der Waals surface area (Å²) in [6, 6.07) is 15.0. The van der Waals surface area contributed by atoms with Gasteiger partial charge in [-0.3, -0.25) is 4.90 Å². The summed E-state index contributed by atoms with van der Waals surface area (Å²) in [4.78, 5) is 4.89. The van der Waals surface area contributed by atoms with Gasteiger partial charge < -0.3 is 14.8 Å². The van der Waals surface area contributed by atoms with Crippen molar-refractivity contribution in [2.45, 2.75) is 44.9 Å². The Morgan fingerprint density at radius 1 is 0.935 bits per heavy atom. The number of benzene rings is 2. The predicted molar refractivity (Wildman–Crippen MR) is 127 cm³/mol. The molecule has 0 amide bonds. The Labute approximate surface area is 184 Å². The van der Waals surface area contributed by atoms with Crippen LogP contribution in [0.15, 0.2) is 47.0 Å². The zero-order chi connectivity index (χ0) is 21.8. The van der Waals surface area contributed by atoms with Crippen LogP contribution in [0.3, 0.4) is 0 Å². The van der Waals surface area contributed by atoms with Crippen molar-refractivity contribution in [2.24, 2.45) is 0 Å². The minimum atomic E-state index is -0.180. The number of nitrogens with zero attached hydrogens (tertiary/aromatic N) is 3. The van der Waals surface area contributed by atoms with Crippen LogP contribution in [-0.4, -0.2) is 48.5 Å². The molecule has 2 aliphatic rings. The van der Waals surface area contributed by atoms with Gasteiger partial charge in [-0.05, 0) is 35.2 Å². The fourth-order valence-electron chi connectivity index (χ4n) is 5.43. The van der Waals surface area contributed by atoms with Gasteiger partial charge in [0.05, 0.1) is 5.39 Å². The van der Waals surface area contributed by atoms with Crippen LogP contribution >= 0.6 is 0 Å². The van der Waals surface area contributed by atoms with E-state index in [2.05, 4.69) is 66.9 Å². The van der Waals surface area contributed by atoms with Crippen LogP contribution in [0.2, 0.25) is 0 Å². The van der Waals surface area contributed by atoms with Crippen LogP contribution in [0.1, 0.15) is 44.4 Å². The smallest absolute Gasteiger partial charge is 0.180 e. The number of hydrogen-bond donors (Lipinski definition) is 1. The molecule has 1 aliphatic carbocycles. The van der Waals surface area contributed by atoms with Gasteiger partial charge in [0, 0.05) is 49.3 Å². The highest BCUT2D eigenvalue weighted by atomic mass is 16.5. The largest absolute Gasteiger partial charge is 0.354 e. The molecule has 2 aromatic carbocycles. The summed E-state index contributed by atoms with van der Waals surface area (Å²) < 4.78 is 5.49. The van der Waals surface area contributed by atoms with Gasteiger partial charge in [-0.25, -0.2) is 0 Å². The van der Waals surface area contributed by atoms with Crippen LogP contribution in [0.25, 0.3) is 11.0 Å². The minimum Gasteiger partial charge on any atom is -0.354 e. The van der Waals surface area contributed by atoms with E-state index < -0.39 is 0 Å². The Morgan fingerprint density at radius 3 is 2.42 bits per heavy atom. The van der Waals surface area contributed by atoms with Crippen molar-refractivity contribution >= 4 is 22.5 Å². The summed E-state index contributed by atoms with van der Waals surface area (Å²) in [6.07, 6.45) is 1.05. The van der Waals surface area contributed by atoms with Gasteiger partial charge in [0.15, 0.2) is 11.4 Å².